The molecule has 1 heterocycles. The van der Waals surface area contributed by atoms with E-state index in [4.69, 9.17) is 0 Å². The Hall–Kier alpha value is -1.94. The summed E-state index contributed by atoms with van der Waals surface area (Å²) in [6.07, 6.45) is 1.75. The first kappa shape index (κ1) is 11.5. The summed E-state index contributed by atoms with van der Waals surface area (Å²) in [7, 11) is 1.86. The van der Waals surface area contributed by atoms with Gasteiger partial charge in [0.2, 0.25) is 0 Å². The third-order valence-corrected chi connectivity index (χ3v) is 2.53. The minimum absolute atomic E-state index is 0.0500. The molecule has 4 nitrogen and oxygen atoms in total. The molecule has 0 spiro atoms. The summed E-state index contributed by atoms with van der Waals surface area (Å²) in [5.41, 5.74) is 1.57. The monoisotopic (exact) mass is 229 g/mol. The van der Waals surface area contributed by atoms with E-state index in [1.807, 2.05) is 31.3 Å². The van der Waals surface area contributed by atoms with Crippen LogP contribution >= 0.6 is 0 Å². The molecule has 0 saturated heterocycles. The fourth-order valence-electron chi connectivity index (χ4n) is 1.62. The Labute approximate surface area is 100 Å². The van der Waals surface area contributed by atoms with Gasteiger partial charge >= 0.3 is 0 Å². The van der Waals surface area contributed by atoms with Gasteiger partial charge in [0.15, 0.2) is 0 Å². The highest BCUT2D eigenvalue weighted by molar-refractivity contribution is 5.97. The highest BCUT2D eigenvalue weighted by atomic mass is 16.1. The minimum atomic E-state index is -0.0500. The van der Waals surface area contributed by atoms with E-state index >= 15 is 0 Å². The molecule has 2 aromatic rings. The smallest absolute Gasteiger partial charge is 0.251 e. The Bertz CT molecular complexity index is 525. The Morgan fingerprint density at radius 1 is 1.29 bits per heavy atom. The van der Waals surface area contributed by atoms with Crippen molar-refractivity contribution in [3.05, 3.63) is 42.1 Å². The first-order valence-corrected chi connectivity index (χ1v) is 5.59. The first-order chi connectivity index (χ1) is 8.31. The van der Waals surface area contributed by atoms with Gasteiger partial charge in [-0.05, 0) is 31.3 Å². The molecule has 0 aliphatic heterocycles. The van der Waals surface area contributed by atoms with Gasteiger partial charge in [0.05, 0.1) is 5.52 Å². The van der Waals surface area contributed by atoms with Gasteiger partial charge in [-0.25, -0.2) is 0 Å². The molecule has 0 bridgehead atoms. The summed E-state index contributed by atoms with van der Waals surface area (Å²) in [5.74, 6) is -0.0500. The second-order valence-corrected chi connectivity index (χ2v) is 3.77. The van der Waals surface area contributed by atoms with E-state index in [0.717, 1.165) is 17.4 Å². The molecule has 0 aliphatic rings. The van der Waals surface area contributed by atoms with E-state index in [2.05, 4.69) is 15.6 Å². The van der Waals surface area contributed by atoms with Crippen molar-refractivity contribution in [2.45, 2.75) is 0 Å². The summed E-state index contributed by atoms with van der Waals surface area (Å²) >= 11 is 0. The Morgan fingerprint density at radius 2 is 2.18 bits per heavy atom. The lowest BCUT2D eigenvalue weighted by Crippen LogP contribution is -2.30. The van der Waals surface area contributed by atoms with Crippen LogP contribution in [0.2, 0.25) is 0 Å². The third kappa shape index (κ3) is 2.79. The lowest BCUT2D eigenvalue weighted by atomic mass is 10.1. The fourth-order valence-corrected chi connectivity index (χ4v) is 1.62. The summed E-state index contributed by atoms with van der Waals surface area (Å²) in [6.45, 7) is 1.39. The molecule has 0 unspecified atom stereocenters. The van der Waals surface area contributed by atoms with Crippen LogP contribution in [0.25, 0.3) is 10.9 Å². The van der Waals surface area contributed by atoms with Crippen molar-refractivity contribution in [1.82, 2.24) is 15.6 Å². The van der Waals surface area contributed by atoms with Crippen molar-refractivity contribution in [3.63, 3.8) is 0 Å². The number of fused-ring (bicyclic) bond motifs is 1. The number of pyridine rings is 1. The molecule has 0 atom stereocenters. The van der Waals surface area contributed by atoms with Gasteiger partial charge in [-0.1, -0.05) is 6.07 Å². The summed E-state index contributed by atoms with van der Waals surface area (Å²) in [6, 6.07) is 9.33. The topological polar surface area (TPSA) is 54.0 Å². The Balaban J connectivity index is 2.15. The first-order valence-electron chi connectivity index (χ1n) is 5.59. The predicted molar refractivity (Wildman–Crippen MR) is 68.0 cm³/mol. The zero-order valence-corrected chi connectivity index (χ0v) is 9.73. The van der Waals surface area contributed by atoms with Crippen LogP contribution in [0.5, 0.6) is 0 Å². The molecule has 0 saturated carbocycles. The van der Waals surface area contributed by atoms with Crippen molar-refractivity contribution in [2.75, 3.05) is 20.1 Å². The molecule has 1 aromatic carbocycles. The number of benzene rings is 1. The lowest BCUT2D eigenvalue weighted by Gasteiger charge is -2.05. The van der Waals surface area contributed by atoms with Crippen molar-refractivity contribution < 1.29 is 4.79 Å². The second kappa shape index (κ2) is 5.41. The number of hydrogen-bond donors (Lipinski definition) is 2. The fraction of sp³-hybridized carbons (Fsp3) is 0.231. The lowest BCUT2D eigenvalue weighted by molar-refractivity contribution is 0.0954. The van der Waals surface area contributed by atoms with E-state index in [9.17, 15) is 4.79 Å². The summed E-state index contributed by atoms with van der Waals surface area (Å²) < 4.78 is 0. The molecule has 0 aliphatic carbocycles. The van der Waals surface area contributed by atoms with Gasteiger partial charge in [0, 0.05) is 30.2 Å². The van der Waals surface area contributed by atoms with Crippen LogP contribution in [-0.2, 0) is 0 Å². The minimum Gasteiger partial charge on any atom is -0.351 e. The maximum Gasteiger partial charge on any atom is 0.251 e. The van der Waals surface area contributed by atoms with Gasteiger partial charge < -0.3 is 10.6 Å². The van der Waals surface area contributed by atoms with Crippen molar-refractivity contribution in [3.8, 4) is 0 Å². The summed E-state index contributed by atoms with van der Waals surface area (Å²) in [4.78, 5) is 16.0. The van der Waals surface area contributed by atoms with Crippen LogP contribution in [-0.4, -0.2) is 31.0 Å². The van der Waals surface area contributed by atoms with E-state index in [0.29, 0.717) is 12.1 Å². The number of aromatic nitrogens is 1. The quantitative estimate of drug-likeness (QED) is 0.774. The molecule has 17 heavy (non-hydrogen) atoms. The van der Waals surface area contributed by atoms with Crippen molar-refractivity contribution in [2.24, 2.45) is 0 Å². The summed E-state index contributed by atoms with van der Waals surface area (Å²) in [5, 5.41) is 6.80. The van der Waals surface area contributed by atoms with Crippen LogP contribution in [0.15, 0.2) is 36.5 Å². The van der Waals surface area contributed by atoms with Crippen LogP contribution < -0.4 is 10.6 Å². The number of carbonyl (C=O) groups excluding carboxylic acids is 1. The predicted octanol–water partition coefficient (Wildman–Crippen LogP) is 1.18. The second-order valence-electron chi connectivity index (χ2n) is 3.77. The molecule has 0 fully saturated rings. The highest BCUT2D eigenvalue weighted by Crippen LogP contribution is 2.12. The number of nitrogens with zero attached hydrogens (tertiary/aromatic N) is 1. The maximum absolute atomic E-state index is 11.8. The zero-order chi connectivity index (χ0) is 12.1. The van der Waals surface area contributed by atoms with Crippen LogP contribution in [0.1, 0.15) is 10.4 Å². The standard InChI is InChI=1S/C13H15N3O/c1-14-7-8-16-13(17)11-4-5-12-10(9-11)3-2-6-15-12/h2-6,9,14H,7-8H2,1H3,(H,16,17). The molecule has 1 amide bonds. The van der Waals surface area contributed by atoms with E-state index in [1.165, 1.54) is 0 Å². The number of hydrogen-bond acceptors (Lipinski definition) is 3. The number of carbonyl (C=O) groups is 1. The molecule has 0 radical (unpaired) electrons. The Kier molecular flexibility index (Phi) is 3.67. The number of rotatable bonds is 4. The number of nitrogens with one attached hydrogen (secondary N) is 2. The molecule has 2 rings (SSSR count). The van der Waals surface area contributed by atoms with Crippen LogP contribution in [0.3, 0.4) is 0 Å². The van der Waals surface area contributed by atoms with Crippen molar-refractivity contribution in [1.29, 1.82) is 0 Å². The van der Waals surface area contributed by atoms with Crippen molar-refractivity contribution >= 4 is 16.8 Å². The van der Waals surface area contributed by atoms with Gasteiger partial charge in [-0.3, -0.25) is 9.78 Å². The van der Waals surface area contributed by atoms with E-state index in [1.54, 1.807) is 12.3 Å². The average Bonchev–Trinajstić information content (AvgIpc) is 2.38. The van der Waals surface area contributed by atoms with Gasteiger partial charge in [-0.2, -0.15) is 0 Å². The molecular formula is C13H15N3O. The molecular weight excluding hydrogens is 214 g/mol. The molecule has 1 aromatic heterocycles. The van der Waals surface area contributed by atoms with Gasteiger partial charge in [0.1, 0.15) is 0 Å². The van der Waals surface area contributed by atoms with Crippen LogP contribution in [0.4, 0.5) is 0 Å². The maximum atomic E-state index is 11.8. The van der Waals surface area contributed by atoms with Gasteiger partial charge in [0.25, 0.3) is 5.91 Å². The molecule has 4 heteroatoms. The zero-order valence-electron chi connectivity index (χ0n) is 9.73. The van der Waals surface area contributed by atoms with E-state index < -0.39 is 0 Å². The third-order valence-electron chi connectivity index (χ3n) is 2.53. The highest BCUT2D eigenvalue weighted by Gasteiger charge is 2.05. The normalized spacial score (nSPS) is 10.4. The molecule has 88 valence electrons. The average molecular weight is 229 g/mol. The number of amides is 1. The Morgan fingerprint density at radius 3 is 3.00 bits per heavy atom. The largest absolute Gasteiger partial charge is 0.351 e. The van der Waals surface area contributed by atoms with Gasteiger partial charge in [-0.15, -0.1) is 0 Å². The van der Waals surface area contributed by atoms with Crippen LogP contribution in [0, 0.1) is 0 Å². The number of likely N-dealkylation sites (N-methyl/N-ethyl adjacent to an activating group) is 1. The SMILES string of the molecule is CNCCNC(=O)c1ccc2ncccc2c1. The van der Waals surface area contributed by atoms with E-state index in [-0.39, 0.29) is 5.91 Å². The molecule has 2 N–H and O–H groups in total.